The molecule has 1 aliphatic heterocycles. The zero-order valence-electron chi connectivity index (χ0n) is 31.6. The molecule has 0 fully saturated rings. The first-order chi connectivity index (χ1) is 26.9. The number of hydrogen-bond donors (Lipinski definition) is 4. The number of quaternary nitrogens is 1. The second-order valence-electron chi connectivity index (χ2n) is 14.3. The average molecular weight is 778 g/mol. The number of hydrogen-bond acceptors (Lipinski definition) is 10. The maximum absolute atomic E-state index is 12.6. The van der Waals surface area contributed by atoms with Crippen LogP contribution in [-0.2, 0) is 24.2 Å². The van der Waals surface area contributed by atoms with Crippen LogP contribution in [0.2, 0.25) is 0 Å². The van der Waals surface area contributed by atoms with E-state index in [-0.39, 0.29) is 22.6 Å². The Hall–Kier alpha value is -5.96. The minimum atomic E-state index is -1.10. The topological polar surface area (TPSA) is 169 Å². The van der Waals surface area contributed by atoms with Gasteiger partial charge in [-0.05, 0) is 71.3 Å². The number of thiocarbonyl (C=S) groups is 1. The molecule has 0 radical (unpaired) electrons. The molecule has 2 heterocycles. The molecule has 290 valence electrons. The first-order valence-electron chi connectivity index (χ1n) is 18.3. The third kappa shape index (κ3) is 9.82. The Labute approximate surface area is 329 Å². The largest absolute Gasteiger partial charge is 0.508 e. The monoisotopic (exact) mass is 777 g/mol. The number of likely N-dealkylation sites (N-methyl/N-ethyl adjacent to an activating group) is 1. The zero-order chi connectivity index (χ0) is 39.8. The first kappa shape index (κ1) is 39.7. The van der Waals surface area contributed by atoms with Gasteiger partial charge in [0.1, 0.15) is 29.3 Å². The quantitative estimate of drug-likeness (QED) is 0.0349. The van der Waals surface area contributed by atoms with Crippen LogP contribution in [0, 0.1) is 0 Å². The van der Waals surface area contributed by atoms with Crippen molar-refractivity contribution in [3.05, 3.63) is 118 Å². The molecule has 2 aliphatic rings. The van der Waals surface area contributed by atoms with Crippen LogP contribution in [-0.4, -0.2) is 93.9 Å². The molecular formula is C42H45N6O7S+. The van der Waals surface area contributed by atoms with Crippen molar-refractivity contribution in [2.75, 3.05) is 52.8 Å². The van der Waals surface area contributed by atoms with Crippen molar-refractivity contribution in [3.8, 4) is 28.2 Å². The SMILES string of the molecule is CNC(=O)c1ccccc1NCC[N+](C)(C)Cc1cn(CCOCCCC(=S)Cc2ccc(-c3c4ccc(=O)cc-4oc4cc(O)ccc34)c(C(=O)O)c2)nn1. The maximum Gasteiger partial charge on any atom is 0.336 e. The summed E-state index contributed by atoms with van der Waals surface area (Å²) in [5.41, 5.74) is 4.90. The number of benzene rings is 4. The van der Waals surface area contributed by atoms with Gasteiger partial charge in [-0.25, -0.2) is 9.48 Å². The Balaban J connectivity index is 0.968. The minimum Gasteiger partial charge on any atom is -0.508 e. The van der Waals surface area contributed by atoms with Gasteiger partial charge < -0.3 is 34.5 Å². The summed E-state index contributed by atoms with van der Waals surface area (Å²) in [7, 11) is 5.88. The number of aromatic nitrogens is 3. The second kappa shape index (κ2) is 17.7. The number of carbonyl (C=O) groups excluding carboxylic acids is 1. The number of phenols is 1. The number of para-hydroxylation sites is 1. The van der Waals surface area contributed by atoms with Gasteiger partial charge in [-0.1, -0.05) is 41.7 Å². The van der Waals surface area contributed by atoms with Crippen LogP contribution in [0.15, 0.2) is 94.3 Å². The van der Waals surface area contributed by atoms with Gasteiger partial charge in [0, 0.05) is 54.4 Å². The summed E-state index contributed by atoms with van der Waals surface area (Å²) < 4.78 is 14.3. The van der Waals surface area contributed by atoms with Crippen LogP contribution in [0.25, 0.3) is 33.4 Å². The number of carboxylic acid groups (broad SMARTS) is 1. The van der Waals surface area contributed by atoms with Crippen LogP contribution in [0.1, 0.15) is 44.8 Å². The maximum atomic E-state index is 12.6. The number of nitrogens with one attached hydrogen (secondary N) is 2. The third-order valence-corrected chi connectivity index (χ3v) is 9.83. The lowest BCUT2D eigenvalue weighted by Crippen LogP contribution is -2.42. The molecule has 1 aromatic heterocycles. The number of amides is 1. The molecule has 56 heavy (non-hydrogen) atoms. The van der Waals surface area contributed by atoms with E-state index in [1.165, 1.54) is 24.3 Å². The van der Waals surface area contributed by atoms with Crippen LogP contribution in [0.5, 0.6) is 5.75 Å². The van der Waals surface area contributed by atoms with Crippen LogP contribution in [0.4, 0.5) is 5.69 Å². The molecule has 13 nitrogen and oxygen atoms in total. The van der Waals surface area contributed by atoms with Gasteiger partial charge in [-0.2, -0.15) is 0 Å². The third-order valence-electron chi connectivity index (χ3n) is 9.48. The van der Waals surface area contributed by atoms with Gasteiger partial charge in [-0.15, -0.1) is 5.10 Å². The van der Waals surface area contributed by atoms with E-state index in [0.29, 0.717) is 89.2 Å². The molecule has 0 atom stereocenters. The molecule has 0 unspecified atom stereocenters. The fraction of sp³-hybridized carbons (Fsp3) is 0.286. The molecule has 0 spiro atoms. The highest BCUT2D eigenvalue weighted by atomic mass is 32.1. The van der Waals surface area contributed by atoms with E-state index in [4.69, 9.17) is 21.4 Å². The molecule has 0 saturated heterocycles. The number of nitrogens with zero attached hydrogens (tertiary/aromatic N) is 4. The van der Waals surface area contributed by atoms with Crippen molar-refractivity contribution < 1.29 is 33.4 Å². The van der Waals surface area contributed by atoms with E-state index in [2.05, 4.69) is 35.0 Å². The van der Waals surface area contributed by atoms with E-state index in [1.807, 2.05) is 30.5 Å². The summed E-state index contributed by atoms with van der Waals surface area (Å²) >= 11 is 5.68. The highest BCUT2D eigenvalue weighted by Gasteiger charge is 2.23. The molecule has 0 bridgehead atoms. The Bertz CT molecular complexity index is 2410. The van der Waals surface area contributed by atoms with Crippen molar-refractivity contribution >= 4 is 45.6 Å². The van der Waals surface area contributed by atoms with E-state index >= 15 is 0 Å². The predicted octanol–water partition coefficient (Wildman–Crippen LogP) is 6.02. The van der Waals surface area contributed by atoms with Gasteiger partial charge in [-0.3, -0.25) is 9.59 Å². The van der Waals surface area contributed by atoms with Crippen molar-refractivity contribution in [3.63, 3.8) is 0 Å². The van der Waals surface area contributed by atoms with E-state index in [9.17, 15) is 24.6 Å². The van der Waals surface area contributed by atoms with Crippen molar-refractivity contribution in [1.29, 1.82) is 0 Å². The number of carbonyl (C=O) groups is 2. The standard InChI is InChI=1S/C42H44N6O7S/c1-43-41(51)33-8-4-5-9-37(33)44-16-18-48(2,3)26-28-25-47(46-45-28)17-20-54-19-6-7-31(56)21-27-10-13-32(36(22-27)42(52)53)40-34-14-11-29(49)23-38(34)55-39-24-30(50)12-15-35(39)40/h4-5,8-15,22-25H,6-7,16-21,26H2,1-3H3,(H3-,43,44,49,50,51,52,53)/p+1. The smallest absolute Gasteiger partial charge is 0.336 e. The van der Waals surface area contributed by atoms with E-state index in [0.717, 1.165) is 34.8 Å². The number of anilines is 1. The molecule has 4 aromatic rings. The van der Waals surface area contributed by atoms with E-state index < -0.39 is 5.97 Å². The summed E-state index contributed by atoms with van der Waals surface area (Å²) in [4.78, 5) is 37.7. The molecule has 1 aliphatic carbocycles. The molecule has 14 heteroatoms. The molecule has 1 amide bonds. The number of fused-ring (bicyclic) bond motifs is 2. The number of rotatable bonds is 18. The number of aromatic hydroxyl groups is 1. The number of phenolic OH excluding ortho intramolecular Hbond substituents is 1. The van der Waals surface area contributed by atoms with Crippen molar-refractivity contribution in [2.45, 2.75) is 32.4 Å². The fourth-order valence-corrected chi connectivity index (χ4v) is 7.01. The van der Waals surface area contributed by atoms with Crippen molar-refractivity contribution in [1.82, 2.24) is 20.3 Å². The highest BCUT2D eigenvalue weighted by Crippen LogP contribution is 2.42. The Kier molecular flexibility index (Phi) is 12.5. The predicted molar refractivity (Wildman–Crippen MR) is 219 cm³/mol. The first-order valence-corrected chi connectivity index (χ1v) is 18.7. The number of aromatic carboxylic acids is 1. The lowest BCUT2D eigenvalue weighted by Gasteiger charge is -2.29. The summed E-state index contributed by atoms with van der Waals surface area (Å²) in [6.45, 7) is 3.73. The Morgan fingerprint density at radius 3 is 2.59 bits per heavy atom. The van der Waals surface area contributed by atoms with Gasteiger partial charge in [0.2, 0.25) is 0 Å². The molecule has 0 saturated carbocycles. The van der Waals surface area contributed by atoms with Gasteiger partial charge in [0.25, 0.3) is 5.91 Å². The average Bonchev–Trinajstić information content (AvgIpc) is 3.61. The number of ether oxygens (including phenoxy) is 1. The fourth-order valence-electron chi connectivity index (χ4n) is 6.69. The molecule has 4 N–H and O–H groups in total. The number of carboxylic acids is 1. The second-order valence-corrected chi connectivity index (χ2v) is 14.9. The molecule has 3 aromatic carbocycles. The Morgan fingerprint density at radius 1 is 0.982 bits per heavy atom. The lowest BCUT2D eigenvalue weighted by molar-refractivity contribution is -0.902. The summed E-state index contributed by atoms with van der Waals surface area (Å²) in [5, 5.41) is 35.7. The Morgan fingerprint density at radius 2 is 1.79 bits per heavy atom. The summed E-state index contributed by atoms with van der Waals surface area (Å²) in [6.07, 6.45) is 3.74. The van der Waals surface area contributed by atoms with Gasteiger partial charge in [0.05, 0.1) is 57.7 Å². The van der Waals surface area contributed by atoms with Crippen LogP contribution in [0.3, 0.4) is 0 Å². The zero-order valence-corrected chi connectivity index (χ0v) is 32.4. The van der Waals surface area contributed by atoms with Gasteiger partial charge in [0.15, 0.2) is 5.43 Å². The van der Waals surface area contributed by atoms with Gasteiger partial charge >= 0.3 is 5.97 Å². The normalized spacial score (nSPS) is 11.6. The van der Waals surface area contributed by atoms with Crippen molar-refractivity contribution in [2.24, 2.45) is 0 Å². The lowest BCUT2D eigenvalue weighted by atomic mass is 9.89. The highest BCUT2D eigenvalue weighted by molar-refractivity contribution is 7.80. The summed E-state index contributed by atoms with van der Waals surface area (Å²) in [5.74, 6) is -0.941. The molecular weight excluding hydrogens is 733 g/mol. The summed E-state index contributed by atoms with van der Waals surface area (Å²) in [6, 6.07) is 21.8. The van der Waals surface area contributed by atoms with E-state index in [1.54, 1.807) is 42.1 Å². The van der Waals surface area contributed by atoms with Crippen LogP contribution < -0.4 is 16.1 Å². The van der Waals surface area contributed by atoms with Crippen LogP contribution >= 0.6 is 12.2 Å². The minimum absolute atomic E-state index is 0.0119. The molecule has 6 rings (SSSR count).